The van der Waals surface area contributed by atoms with E-state index in [0.29, 0.717) is 35.2 Å². The Kier molecular flexibility index (Phi) is 18.8. The number of benzene rings is 2. The molecule has 44 heavy (non-hydrogen) atoms. The second kappa shape index (κ2) is 21.4. The largest absolute Gasteiger partial charge is 0.468 e. The molecule has 2 aromatic rings. The van der Waals surface area contributed by atoms with Crippen LogP contribution in [0.2, 0.25) is 10.0 Å². The van der Waals surface area contributed by atoms with E-state index >= 15 is 0 Å². The van der Waals surface area contributed by atoms with Crippen molar-refractivity contribution in [2.45, 2.75) is 24.7 Å². The first-order chi connectivity index (χ1) is 21.2. The highest BCUT2D eigenvalue weighted by molar-refractivity contribution is 8.00. The van der Waals surface area contributed by atoms with E-state index in [-0.39, 0.29) is 11.9 Å². The van der Waals surface area contributed by atoms with Gasteiger partial charge in [0.25, 0.3) is 0 Å². The summed E-state index contributed by atoms with van der Waals surface area (Å²) in [5.41, 5.74) is 2.73. The van der Waals surface area contributed by atoms with Gasteiger partial charge in [0.2, 0.25) is 5.91 Å². The van der Waals surface area contributed by atoms with Gasteiger partial charge in [0.15, 0.2) is 0 Å². The molecule has 4 rings (SSSR count). The van der Waals surface area contributed by atoms with Gasteiger partial charge in [-0.05, 0) is 111 Å². The molecule has 4 atom stereocenters. The molecule has 2 aliphatic rings. The van der Waals surface area contributed by atoms with Crippen molar-refractivity contribution in [3.05, 3.63) is 69.7 Å². The third kappa shape index (κ3) is 13.5. The summed E-state index contributed by atoms with van der Waals surface area (Å²) in [6.07, 6.45) is 2.32. The van der Waals surface area contributed by atoms with Crippen molar-refractivity contribution in [1.82, 2.24) is 15.1 Å². The Hall–Kier alpha value is -1.46. The van der Waals surface area contributed by atoms with Crippen molar-refractivity contribution in [2.75, 3.05) is 84.6 Å². The van der Waals surface area contributed by atoms with Gasteiger partial charge < -0.3 is 25.0 Å². The monoisotopic (exact) mass is 685 g/mol. The van der Waals surface area contributed by atoms with E-state index < -0.39 is 0 Å². The first-order valence-electron chi connectivity index (χ1n) is 15.0. The molecule has 1 amide bonds. The zero-order valence-corrected chi connectivity index (χ0v) is 29.8. The molecule has 0 unspecified atom stereocenters. The van der Waals surface area contributed by atoms with Crippen LogP contribution in [-0.4, -0.2) is 111 Å². The molecule has 246 valence electrons. The Morgan fingerprint density at radius 1 is 0.818 bits per heavy atom. The summed E-state index contributed by atoms with van der Waals surface area (Å²) in [6.45, 7) is 4.41. The molecule has 0 bridgehead atoms. The Balaban J connectivity index is 0.000000291. The number of methoxy groups -OCH3 is 1. The summed E-state index contributed by atoms with van der Waals surface area (Å²) < 4.78 is 4.70. The lowest BCUT2D eigenvalue weighted by molar-refractivity contribution is -0.137. The molecule has 2 fully saturated rings. The number of carbonyl (C=O) groups excluding carboxylic acids is 2. The van der Waals surface area contributed by atoms with Gasteiger partial charge in [-0.3, -0.25) is 9.59 Å². The number of carbonyl (C=O) groups is 2. The number of amides is 1. The predicted molar refractivity (Wildman–Crippen MR) is 188 cm³/mol. The number of esters is 1. The van der Waals surface area contributed by atoms with E-state index in [4.69, 9.17) is 33.0 Å². The Morgan fingerprint density at radius 2 is 1.23 bits per heavy atom. The molecular weight excluding hydrogens is 637 g/mol. The highest BCUT2D eigenvalue weighted by Gasteiger charge is 2.30. The first-order valence-corrected chi connectivity index (χ1v) is 18.0. The predicted octanol–water partition coefficient (Wildman–Crippen LogP) is 5.74. The molecular formula is C33H49Cl2N3O4S2. The molecule has 0 radical (unpaired) electrons. The Bertz CT molecular complexity index is 1020. The molecule has 2 heterocycles. The van der Waals surface area contributed by atoms with E-state index in [2.05, 4.69) is 53.5 Å². The molecule has 7 nitrogen and oxygen atoms in total. The van der Waals surface area contributed by atoms with Crippen molar-refractivity contribution in [2.24, 2.45) is 11.8 Å². The SMILES string of the molecule is CNC(=O)CSC[C@H]1CN(C)CC[C@@H]1c1ccc(Cl)cc1.CO.COC(=O)CSC[C@H]1CN(C)CC[C@@H]1c1ccc(Cl)cc1. The maximum Gasteiger partial charge on any atom is 0.315 e. The van der Waals surface area contributed by atoms with Crippen LogP contribution < -0.4 is 5.32 Å². The first kappa shape index (κ1) is 38.7. The Morgan fingerprint density at radius 3 is 1.61 bits per heavy atom. The van der Waals surface area contributed by atoms with Crippen molar-refractivity contribution in [1.29, 1.82) is 0 Å². The molecule has 0 aromatic heterocycles. The standard InChI is InChI=1S/C16H23ClN2OS.C16H22ClNO2S.CH4O/c1-18-16(20)11-21-10-13-9-19(2)8-7-15(13)12-3-5-14(17)6-4-12;1-18-8-7-15(12-3-5-14(17)6-4-12)13(9-18)10-21-11-16(19)20-2;1-2/h3-6,13,15H,7-11H2,1-2H3,(H,18,20);3-6,13,15H,7-11H2,1-2H3;2H,1H3/t2*13-,15-;/m11./s1. The normalized spacial score (nSPS) is 22.1. The molecule has 2 N–H and O–H groups in total. The topological polar surface area (TPSA) is 82.1 Å². The van der Waals surface area contributed by atoms with Gasteiger partial charge in [0, 0.05) is 37.3 Å². The van der Waals surface area contributed by atoms with E-state index in [9.17, 15) is 9.59 Å². The average molecular weight is 687 g/mol. The number of piperidine rings is 2. The van der Waals surface area contributed by atoms with E-state index in [1.54, 1.807) is 30.6 Å². The summed E-state index contributed by atoms with van der Waals surface area (Å²) >= 11 is 15.4. The van der Waals surface area contributed by atoms with Crippen LogP contribution in [-0.2, 0) is 14.3 Å². The molecule has 2 aliphatic heterocycles. The third-order valence-corrected chi connectivity index (χ3v) is 10.8. The van der Waals surface area contributed by atoms with Crippen LogP contribution in [0.25, 0.3) is 0 Å². The highest BCUT2D eigenvalue weighted by atomic mass is 35.5. The van der Waals surface area contributed by atoms with Gasteiger partial charge in [-0.15, -0.1) is 11.8 Å². The summed E-state index contributed by atoms with van der Waals surface area (Å²) in [6, 6.07) is 16.5. The van der Waals surface area contributed by atoms with E-state index in [1.165, 1.54) is 24.7 Å². The number of nitrogens with zero attached hydrogens (tertiary/aromatic N) is 2. The molecule has 11 heteroatoms. The van der Waals surface area contributed by atoms with Crippen LogP contribution >= 0.6 is 46.7 Å². The number of aliphatic hydroxyl groups is 1. The lowest BCUT2D eigenvalue weighted by atomic mass is 9.81. The van der Waals surface area contributed by atoms with Gasteiger partial charge in [-0.2, -0.15) is 11.8 Å². The molecule has 0 spiro atoms. The van der Waals surface area contributed by atoms with Crippen LogP contribution in [0, 0.1) is 11.8 Å². The lowest BCUT2D eigenvalue weighted by Crippen LogP contribution is -2.38. The number of nitrogens with one attached hydrogen (secondary N) is 1. The summed E-state index contributed by atoms with van der Waals surface area (Å²) in [7, 11) is 8.46. The highest BCUT2D eigenvalue weighted by Crippen LogP contribution is 2.36. The van der Waals surface area contributed by atoms with E-state index in [1.807, 2.05) is 24.3 Å². The summed E-state index contributed by atoms with van der Waals surface area (Å²) in [5.74, 6) is 5.18. The van der Waals surface area contributed by atoms with E-state index in [0.717, 1.165) is 61.3 Å². The number of likely N-dealkylation sites (tertiary alicyclic amines) is 2. The number of hydrogen-bond acceptors (Lipinski definition) is 8. The van der Waals surface area contributed by atoms with Gasteiger partial charge >= 0.3 is 5.97 Å². The lowest BCUT2D eigenvalue weighted by Gasteiger charge is -2.37. The third-order valence-electron chi connectivity index (χ3n) is 8.09. The molecule has 0 saturated carbocycles. The van der Waals surface area contributed by atoms with Crippen LogP contribution in [0.5, 0.6) is 0 Å². The average Bonchev–Trinajstić information content (AvgIpc) is 3.03. The Labute approximate surface area is 282 Å². The van der Waals surface area contributed by atoms with Gasteiger partial charge in [-0.1, -0.05) is 47.5 Å². The zero-order valence-electron chi connectivity index (χ0n) is 26.6. The number of ether oxygens (including phenoxy) is 1. The van der Waals surface area contributed by atoms with Crippen LogP contribution in [0.1, 0.15) is 35.8 Å². The quantitative estimate of drug-likeness (QED) is 0.307. The minimum absolute atomic E-state index is 0.104. The molecule has 0 aliphatic carbocycles. The maximum atomic E-state index is 11.3. The van der Waals surface area contributed by atoms with Crippen molar-refractivity contribution in [3.8, 4) is 0 Å². The van der Waals surface area contributed by atoms with Crippen LogP contribution in [0.15, 0.2) is 48.5 Å². The second-order valence-corrected chi connectivity index (χ2v) is 14.2. The fraction of sp³-hybridized carbons (Fsp3) is 0.576. The number of thioether (sulfide) groups is 2. The summed E-state index contributed by atoms with van der Waals surface area (Å²) in [4.78, 5) is 27.3. The van der Waals surface area contributed by atoms with Crippen molar-refractivity contribution >= 4 is 58.6 Å². The molecule has 2 saturated heterocycles. The van der Waals surface area contributed by atoms with Gasteiger partial charge in [0.1, 0.15) is 0 Å². The smallest absolute Gasteiger partial charge is 0.315 e. The number of hydrogen-bond donors (Lipinski definition) is 2. The van der Waals surface area contributed by atoms with Crippen molar-refractivity contribution < 1.29 is 19.4 Å². The van der Waals surface area contributed by atoms with Gasteiger partial charge in [0.05, 0.1) is 18.6 Å². The van der Waals surface area contributed by atoms with Crippen LogP contribution in [0.4, 0.5) is 0 Å². The van der Waals surface area contributed by atoms with Crippen molar-refractivity contribution in [3.63, 3.8) is 0 Å². The fourth-order valence-corrected chi connectivity index (χ4v) is 8.17. The minimum Gasteiger partial charge on any atom is -0.468 e. The fourth-order valence-electron chi connectivity index (χ4n) is 5.79. The number of rotatable bonds is 10. The number of aliphatic hydroxyl groups excluding tert-OH is 1. The summed E-state index contributed by atoms with van der Waals surface area (Å²) in [5, 5.41) is 11.2. The van der Waals surface area contributed by atoms with Crippen LogP contribution in [0.3, 0.4) is 0 Å². The maximum absolute atomic E-state index is 11.3. The minimum atomic E-state index is -0.146. The number of halogens is 2. The second-order valence-electron chi connectivity index (χ2n) is 11.2. The molecule has 2 aromatic carbocycles. The zero-order chi connectivity index (χ0) is 32.5. The van der Waals surface area contributed by atoms with Gasteiger partial charge in [-0.25, -0.2) is 0 Å².